The van der Waals surface area contributed by atoms with Gasteiger partial charge in [-0.2, -0.15) is 0 Å². The quantitative estimate of drug-likeness (QED) is 0.850. The number of sulfonamides is 1. The molecule has 0 bridgehead atoms. The van der Waals surface area contributed by atoms with Gasteiger partial charge >= 0.3 is 0 Å². The van der Waals surface area contributed by atoms with Gasteiger partial charge in [0, 0.05) is 12.6 Å². The molecule has 0 spiro atoms. The van der Waals surface area contributed by atoms with Crippen molar-refractivity contribution in [2.75, 3.05) is 13.1 Å². The Labute approximate surface area is 147 Å². The molecule has 0 fully saturated rings. The Balaban J connectivity index is 0.00000208. The van der Waals surface area contributed by atoms with Crippen LogP contribution in [0, 0.1) is 5.82 Å². The maximum Gasteiger partial charge on any atom is 0.215 e. The molecule has 1 atom stereocenters. The molecular formula is C17H20ClFN2O2S. The van der Waals surface area contributed by atoms with Gasteiger partial charge in [0.2, 0.25) is 10.0 Å². The first-order chi connectivity index (χ1) is 11.0. The van der Waals surface area contributed by atoms with Crippen molar-refractivity contribution in [3.63, 3.8) is 0 Å². The average Bonchev–Trinajstić information content (AvgIpc) is 2.55. The average molecular weight is 371 g/mol. The molecule has 4 nitrogen and oxygen atoms in total. The van der Waals surface area contributed by atoms with Crippen LogP contribution in [0.4, 0.5) is 4.39 Å². The number of benzene rings is 2. The minimum absolute atomic E-state index is 0. The molecule has 1 aliphatic rings. The zero-order valence-corrected chi connectivity index (χ0v) is 14.7. The summed E-state index contributed by atoms with van der Waals surface area (Å²) < 4.78 is 39.9. The van der Waals surface area contributed by atoms with Gasteiger partial charge in [-0.1, -0.05) is 36.4 Å². The highest BCUT2D eigenvalue weighted by atomic mass is 35.5. The fourth-order valence-corrected chi connectivity index (χ4v) is 3.99. The highest BCUT2D eigenvalue weighted by molar-refractivity contribution is 7.88. The van der Waals surface area contributed by atoms with Gasteiger partial charge in [-0.3, -0.25) is 0 Å². The largest absolute Gasteiger partial charge is 0.308 e. The Hall–Kier alpha value is -1.47. The second-order valence-corrected chi connectivity index (χ2v) is 7.50. The number of halogens is 2. The predicted molar refractivity (Wildman–Crippen MR) is 95.2 cm³/mol. The van der Waals surface area contributed by atoms with Gasteiger partial charge in [-0.05, 0) is 41.8 Å². The number of nitrogens with one attached hydrogen (secondary N) is 2. The van der Waals surface area contributed by atoms with E-state index in [1.807, 2.05) is 18.2 Å². The fourth-order valence-electron chi connectivity index (χ4n) is 2.84. The van der Waals surface area contributed by atoms with E-state index in [1.54, 1.807) is 0 Å². The monoisotopic (exact) mass is 370 g/mol. The molecule has 2 aromatic carbocycles. The Morgan fingerprint density at radius 1 is 1.12 bits per heavy atom. The summed E-state index contributed by atoms with van der Waals surface area (Å²) in [6, 6.07) is 13.6. The van der Waals surface area contributed by atoms with Crippen molar-refractivity contribution < 1.29 is 12.8 Å². The molecule has 0 aromatic heterocycles. The van der Waals surface area contributed by atoms with Crippen molar-refractivity contribution in [1.29, 1.82) is 0 Å². The lowest BCUT2D eigenvalue weighted by molar-refractivity contribution is 0.491. The Kier molecular flexibility index (Phi) is 6.34. The smallest absolute Gasteiger partial charge is 0.215 e. The van der Waals surface area contributed by atoms with Crippen molar-refractivity contribution >= 4 is 22.4 Å². The van der Waals surface area contributed by atoms with Crippen molar-refractivity contribution in [3.05, 3.63) is 71.0 Å². The van der Waals surface area contributed by atoms with Crippen LogP contribution in [0.15, 0.2) is 48.5 Å². The van der Waals surface area contributed by atoms with Gasteiger partial charge in [0.1, 0.15) is 5.82 Å². The van der Waals surface area contributed by atoms with Gasteiger partial charge in [0.05, 0.1) is 5.75 Å². The van der Waals surface area contributed by atoms with Crippen LogP contribution in [-0.2, 0) is 22.2 Å². The molecule has 24 heavy (non-hydrogen) atoms. The lowest BCUT2D eigenvalue weighted by Crippen LogP contribution is -2.39. The summed E-state index contributed by atoms with van der Waals surface area (Å²) in [6.07, 6.45) is 0.953. The maximum atomic E-state index is 12.9. The van der Waals surface area contributed by atoms with Crippen molar-refractivity contribution in [1.82, 2.24) is 10.0 Å². The summed E-state index contributed by atoms with van der Waals surface area (Å²) in [5.74, 6) is -0.524. The number of hydrogen-bond acceptors (Lipinski definition) is 3. The molecule has 1 aliphatic heterocycles. The van der Waals surface area contributed by atoms with E-state index in [1.165, 1.54) is 29.8 Å². The third kappa shape index (κ3) is 4.77. The van der Waals surface area contributed by atoms with Crippen LogP contribution in [0.25, 0.3) is 0 Å². The highest BCUT2D eigenvalue weighted by Crippen LogP contribution is 2.22. The lowest BCUT2D eigenvalue weighted by atomic mass is 9.95. The van der Waals surface area contributed by atoms with Crippen LogP contribution >= 0.6 is 12.4 Å². The minimum atomic E-state index is -3.46. The zero-order valence-electron chi connectivity index (χ0n) is 13.0. The minimum Gasteiger partial charge on any atom is -0.308 e. The first-order valence-electron chi connectivity index (χ1n) is 7.56. The van der Waals surface area contributed by atoms with E-state index in [0.29, 0.717) is 12.1 Å². The molecule has 2 N–H and O–H groups in total. The standard InChI is InChI=1S/C17H19FN2O2S.ClH/c18-15-7-5-13(6-8-15)12-23(21,22)20-11-17-16-4-2-1-3-14(16)9-10-19-17;/h1-8,17,19-20H,9-12H2;1H. The van der Waals surface area contributed by atoms with E-state index < -0.39 is 10.0 Å². The van der Waals surface area contributed by atoms with Crippen molar-refractivity contribution in [3.8, 4) is 0 Å². The van der Waals surface area contributed by atoms with Crippen molar-refractivity contribution in [2.45, 2.75) is 18.2 Å². The molecule has 0 aliphatic carbocycles. The molecular weight excluding hydrogens is 351 g/mol. The molecule has 0 radical (unpaired) electrons. The van der Waals surface area contributed by atoms with Gasteiger partial charge in [-0.25, -0.2) is 17.5 Å². The summed E-state index contributed by atoms with van der Waals surface area (Å²) in [4.78, 5) is 0. The number of hydrogen-bond donors (Lipinski definition) is 2. The summed E-state index contributed by atoms with van der Waals surface area (Å²) in [6.45, 7) is 1.14. The van der Waals surface area contributed by atoms with Crippen LogP contribution < -0.4 is 10.0 Å². The van der Waals surface area contributed by atoms with Gasteiger partial charge < -0.3 is 5.32 Å². The molecule has 7 heteroatoms. The van der Waals surface area contributed by atoms with Crippen LogP contribution in [0.1, 0.15) is 22.7 Å². The Bertz CT molecular complexity index is 781. The van der Waals surface area contributed by atoms with Crippen LogP contribution in [0.3, 0.4) is 0 Å². The molecule has 1 heterocycles. The summed E-state index contributed by atoms with van der Waals surface area (Å²) in [5.41, 5.74) is 2.97. The van der Waals surface area contributed by atoms with E-state index in [9.17, 15) is 12.8 Å². The topological polar surface area (TPSA) is 58.2 Å². The number of fused-ring (bicyclic) bond motifs is 1. The summed E-state index contributed by atoms with van der Waals surface area (Å²) >= 11 is 0. The van der Waals surface area contributed by atoms with E-state index >= 15 is 0 Å². The Morgan fingerprint density at radius 3 is 2.58 bits per heavy atom. The fraction of sp³-hybridized carbons (Fsp3) is 0.294. The zero-order chi connectivity index (χ0) is 16.3. The van der Waals surface area contributed by atoms with Crippen LogP contribution in [0.5, 0.6) is 0 Å². The molecule has 1 unspecified atom stereocenters. The van der Waals surface area contributed by atoms with E-state index in [-0.39, 0.29) is 30.0 Å². The van der Waals surface area contributed by atoms with Gasteiger partial charge in [-0.15, -0.1) is 12.4 Å². The van der Waals surface area contributed by atoms with Gasteiger partial charge in [0.25, 0.3) is 0 Å². The second kappa shape index (κ2) is 8.07. The SMILES string of the molecule is Cl.O=S(=O)(Cc1ccc(F)cc1)NCC1NCCc2ccccc21. The Morgan fingerprint density at radius 2 is 1.83 bits per heavy atom. The molecule has 130 valence electrons. The number of rotatable bonds is 5. The van der Waals surface area contributed by atoms with E-state index in [0.717, 1.165) is 18.5 Å². The molecule has 0 amide bonds. The molecule has 0 saturated carbocycles. The first kappa shape index (κ1) is 18.9. The second-order valence-electron chi connectivity index (χ2n) is 5.69. The molecule has 2 aromatic rings. The van der Waals surface area contributed by atoms with E-state index in [4.69, 9.17) is 0 Å². The van der Waals surface area contributed by atoms with E-state index in [2.05, 4.69) is 16.1 Å². The first-order valence-corrected chi connectivity index (χ1v) is 9.22. The predicted octanol–water partition coefficient (Wildman–Crippen LogP) is 2.55. The van der Waals surface area contributed by atoms with Crippen molar-refractivity contribution in [2.24, 2.45) is 0 Å². The summed E-state index contributed by atoms with van der Waals surface area (Å²) in [5, 5.41) is 3.34. The lowest BCUT2D eigenvalue weighted by Gasteiger charge is -2.27. The normalized spacial score (nSPS) is 17.0. The maximum absolute atomic E-state index is 12.9. The third-order valence-corrected chi connectivity index (χ3v) is 5.31. The van der Waals surface area contributed by atoms with Gasteiger partial charge in [0.15, 0.2) is 0 Å². The summed E-state index contributed by atoms with van der Waals surface area (Å²) in [7, 11) is -3.46. The highest BCUT2D eigenvalue weighted by Gasteiger charge is 2.21. The molecule has 3 rings (SSSR count). The molecule has 0 saturated heterocycles. The van der Waals surface area contributed by atoms with Crippen LogP contribution in [-0.4, -0.2) is 21.5 Å². The van der Waals surface area contributed by atoms with Crippen LogP contribution in [0.2, 0.25) is 0 Å². The third-order valence-electron chi connectivity index (χ3n) is 3.99.